The van der Waals surface area contributed by atoms with Gasteiger partial charge in [-0.15, -0.1) is 0 Å². The smallest absolute Gasteiger partial charge is 0.161 e. The van der Waals surface area contributed by atoms with E-state index in [1.807, 2.05) is 0 Å². The minimum Gasteiger partial charge on any atom is -0.389 e. The molecule has 5 nitrogen and oxygen atoms in total. The van der Waals surface area contributed by atoms with Crippen LogP contribution in [0.2, 0.25) is 0 Å². The van der Waals surface area contributed by atoms with Gasteiger partial charge in [-0.2, -0.15) is 0 Å². The lowest BCUT2D eigenvalue weighted by Crippen LogP contribution is -2.29. The Morgan fingerprint density at radius 1 is 1.50 bits per heavy atom. The highest BCUT2D eigenvalue weighted by molar-refractivity contribution is 5.93. The monoisotopic (exact) mass is 224 g/mol. The summed E-state index contributed by atoms with van der Waals surface area (Å²) in [4.78, 5) is 15.0. The van der Waals surface area contributed by atoms with Crippen molar-refractivity contribution < 1.29 is 15.0 Å². The molecular weight excluding hydrogens is 208 g/mol. The largest absolute Gasteiger partial charge is 0.389 e. The first-order valence-corrected chi connectivity index (χ1v) is 5.03. The maximum Gasteiger partial charge on any atom is 0.161 e. The van der Waals surface area contributed by atoms with E-state index in [9.17, 15) is 15.0 Å². The molecule has 1 heterocycles. The summed E-state index contributed by atoms with van der Waals surface area (Å²) in [5, 5.41) is 22.1. The molecule has 5 heteroatoms. The minimum absolute atomic E-state index is 0.121. The SMILES string of the molecule is CNCC(O)C(O)c1cncc(C(C)=O)c1. The van der Waals surface area contributed by atoms with Crippen LogP contribution in [0, 0.1) is 0 Å². The van der Waals surface area contributed by atoms with Crippen molar-refractivity contribution in [2.24, 2.45) is 0 Å². The van der Waals surface area contributed by atoms with Gasteiger partial charge in [0.25, 0.3) is 0 Å². The van der Waals surface area contributed by atoms with Crippen LogP contribution in [-0.2, 0) is 0 Å². The average molecular weight is 224 g/mol. The fourth-order valence-electron chi connectivity index (χ4n) is 1.35. The van der Waals surface area contributed by atoms with Gasteiger partial charge in [0.1, 0.15) is 6.10 Å². The quantitative estimate of drug-likeness (QED) is 0.608. The Balaban J connectivity index is 2.86. The number of hydrogen-bond acceptors (Lipinski definition) is 5. The first kappa shape index (κ1) is 12.8. The van der Waals surface area contributed by atoms with Crippen molar-refractivity contribution in [3.8, 4) is 0 Å². The van der Waals surface area contributed by atoms with Crippen molar-refractivity contribution in [2.75, 3.05) is 13.6 Å². The summed E-state index contributed by atoms with van der Waals surface area (Å²) in [6.07, 6.45) is 0.909. The Bertz CT molecular complexity index is 368. The summed E-state index contributed by atoms with van der Waals surface area (Å²) in [5.41, 5.74) is 0.864. The molecule has 16 heavy (non-hydrogen) atoms. The standard InChI is InChI=1S/C11H16N2O3/c1-7(14)8-3-9(5-13-4-8)11(16)10(15)6-12-2/h3-5,10-12,15-16H,6H2,1-2H3. The Kier molecular flexibility index (Phi) is 4.54. The molecule has 0 amide bonds. The van der Waals surface area contributed by atoms with E-state index >= 15 is 0 Å². The van der Waals surface area contributed by atoms with Crippen LogP contribution < -0.4 is 5.32 Å². The summed E-state index contributed by atoms with van der Waals surface area (Å²) in [5.74, 6) is -0.121. The van der Waals surface area contributed by atoms with E-state index < -0.39 is 12.2 Å². The van der Waals surface area contributed by atoms with E-state index in [-0.39, 0.29) is 12.3 Å². The molecule has 1 rings (SSSR count). The molecular formula is C11H16N2O3. The summed E-state index contributed by atoms with van der Waals surface area (Å²) < 4.78 is 0. The van der Waals surface area contributed by atoms with Gasteiger partial charge in [-0.1, -0.05) is 0 Å². The van der Waals surface area contributed by atoms with Crippen molar-refractivity contribution >= 4 is 5.78 Å². The van der Waals surface area contributed by atoms with Crippen molar-refractivity contribution in [1.29, 1.82) is 0 Å². The summed E-state index contributed by atoms with van der Waals surface area (Å²) in [6.45, 7) is 1.70. The van der Waals surface area contributed by atoms with Crippen LogP contribution in [0.25, 0.3) is 0 Å². The Morgan fingerprint density at radius 3 is 2.75 bits per heavy atom. The second-order valence-corrected chi connectivity index (χ2v) is 3.63. The van der Waals surface area contributed by atoms with E-state index in [0.29, 0.717) is 11.1 Å². The molecule has 0 saturated carbocycles. The number of aliphatic hydroxyl groups excluding tert-OH is 2. The van der Waals surface area contributed by atoms with E-state index in [1.165, 1.54) is 19.3 Å². The predicted molar refractivity (Wildman–Crippen MR) is 59.1 cm³/mol. The Labute approximate surface area is 94.1 Å². The number of likely N-dealkylation sites (N-methyl/N-ethyl adjacent to an activating group) is 1. The number of pyridine rings is 1. The number of Topliss-reactive ketones (excluding diaryl/α,β-unsaturated/α-hetero) is 1. The number of rotatable bonds is 5. The lowest BCUT2D eigenvalue weighted by molar-refractivity contribution is 0.0200. The number of carbonyl (C=O) groups is 1. The van der Waals surface area contributed by atoms with E-state index in [2.05, 4.69) is 10.3 Å². The molecule has 0 aliphatic carbocycles. The maximum atomic E-state index is 11.1. The highest BCUT2D eigenvalue weighted by Crippen LogP contribution is 2.16. The molecule has 0 fully saturated rings. The van der Waals surface area contributed by atoms with Crippen LogP contribution in [0.4, 0.5) is 0 Å². The van der Waals surface area contributed by atoms with Gasteiger partial charge in [0.05, 0.1) is 6.10 Å². The van der Waals surface area contributed by atoms with Gasteiger partial charge in [0, 0.05) is 30.1 Å². The minimum atomic E-state index is -1.04. The molecule has 0 bridgehead atoms. The topological polar surface area (TPSA) is 82.4 Å². The van der Waals surface area contributed by atoms with Crippen LogP contribution in [-0.4, -0.2) is 40.7 Å². The summed E-state index contributed by atoms with van der Waals surface area (Å²) in [6, 6.07) is 1.54. The number of aliphatic hydroxyl groups is 2. The molecule has 0 aliphatic rings. The number of aromatic nitrogens is 1. The summed E-state index contributed by atoms with van der Waals surface area (Å²) >= 11 is 0. The van der Waals surface area contributed by atoms with E-state index in [0.717, 1.165) is 0 Å². The number of nitrogens with one attached hydrogen (secondary N) is 1. The lowest BCUT2D eigenvalue weighted by atomic mass is 10.0. The van der Waals surface area contributed by atoms with Crippen LogP contribution in [0.3, 0.4) is 0 Å². The molecule has 0 spiro atoms. The van der Waals surface area contributed by atoms with Gasteiger partial charge in [-0.3, -0.25) is 9.78 Å². The maximum absolute atomic E-state index is 11.1. The van der Waals surface area contributed by atoms with Gasteiger partial charge in [0.15, 0.2) is 5.78 Å². The van der Waals surface area contributed by atoms with Crippen LogP contribution in [0.15, 0.2) is 18.5 Å². The van der Waals surface area contributed by atoms with Crippen molar-refractivity contribution in [1.82, 2.24) is 10.3 Å². The van der Waals surface area contributed by atoms with Gasteiger partial charge in [-0.05, 0) is 20.0 Å². The van der Waals surface area contributed by atoms with Gasteiger partial charge in [0.2, 0.25) is 0 Å². The van der Waals surface area contributed by atoms with E-state index in [4.69, 9.17) is 0 Å². The third-order valence-electron chi connectivity index (χ3n) is 2.29. The van der Waals surface area contributed by atoms with Gasteiger partial charge < -0.3 is 15.5 Å². The highest BCUT2D eigenvalue weighted by atomic mass is 16.3. The second-order valence-electron chi connectivity index (χ2n) is 3.63. The number of ketones is 1. The molecule has 0 aliphatic heterocycles. The second kappa shape index (κ2) is 5.69. The van der Waals surface area contributed by atoms with Gasteiger partial charge >= 0.3 is 0 Å². The normalized spacial score (nSPS) is 14.5. The van der Waals surface area contributed by atoms with Crippen molar-refractivity contribution in [2.45, 2.75) is 19.1 Å². The lowest BCUT2D eigenvalue weighted by Gasteiger charge is -2.17. The Morgan fingerprint density at radius 2 is 2.19 bits per heavy atom. The third kappa shape index (κ3) is 3.10. The molecule has 0 saturated heterocycles. The van der Waals surface area contributed by atoms with Crippen LogP contribution >= 0.6 is 0 Å². The number of nitrogens with zero attached hydrogens (tertiary/aromatic N) is 1. The Hall–Kier alpha value is -1.30. The average Bonchev–Trinajstić information content (AvgIpc) is 2.28. The molecule has 0 radical (unpaired) electrons. The molecule has 2 atom stereocenters. The fraction of sp³-hybridized carbons (Fsp3) is 0.455. The first-order valence-electron chi connectivity index (χ1n) is 5.03. The van der Waals surface area contributed by atoms with Crippen molar-refractivity contribution in [3.63, 3.8) is 0 Å². The first-order chi connectivity index (χ1) is 7.56. The molecule has 88 valence electrons. The van der Waals surface area contributed by atoms with Crippen LogP contribution in [0.5, 0.6) is 0 Å². The zero-order valence-corrected chi connectivity index (χ0v) is 9.34. The fourth-order valence-corrected chi connectivity index (χ4v) is 1.35. The molecule has 1 aromatic heterocycles. The molecule has 0 aromatic carbocycles. The third-order valence-corrected chi connectivity index (χ3v) is 2.29. The highest BCUT2D eigenvalue weighted by Gasteiger charge is 2.18. The van der Waals surface area contributed by atoms with Crippen LogP contribution in [0.1, 0.15) is 28.9 Å². The molecule has 1 aromatic rings. The van der Waals surface area contributed by atoms with E-state index in [1.54, 1.807) is 13.1 Å². The van der Waals surface area contributed by atoms with Crippen molar-refractivity contribution in [3.05, 3.63) is 29.6 Å². The molecule has 3 N–H and O–H groups in total. The molecule has 2 unspecified atom stereocenters. The zero-order chi connectivity index (χ0) is 12.1. The zero-order valence-electron chi connectivity index (χ0n) is 9.34. The predicted octanol–water partition coefficient (Wildman–Crippen LogP) is -0.102. The number of hydrogen-bond donors (Lipinski definition) is 3. The summed E-state index contributed by atoms with van der Waals surface area (Å²) in [7, 11) is 1.68. The van der Waals surface area contributed by atoms with Gasteiger partial charge in [-0.25, -0.2) is 0 Å². The number of carbonyl (C=O) groups excluding carboxylic acids is 1.